The molecule has 1 aliphatic heterocycles. The van der Waals surface area contributed by atoms with Crippen LogP contribution in [-0.2, 0) is 44.7 Å². The van der Waals surface area contributed by atoms with E-state index in [2.05, 4.69) is 10.6 Å². The maximum absolute atomic E-state index is 12.8. The first-order valence-corrected chi connectivity index (χ1v) is 19.7. The van der Waals surface area contributed by atoms with Crippen LogP contribution in [0.15, 0.2) is 29.2 Å². The number of aliphatic carboxylic acids is 3. The molecular weight excluding hydrogens is 751 g/mol. The van der Waals surface area contributed by atoms with Gasteiger partial charge in [-0.15, -0.1) is 0 Å². The summed E-state index contributed by atoms with van der Waals surface area (Å²) in [5, 5.41) is 33.7. The number of carboxylic acid groups (broad SMARTS) is 3. The molecule has 19 heteroatoms. The van der Waals surface area contributed by atoms with E-state index in [0.29, 0.717) is 52.0 Å². The standard InChI is InChI=1S/C37H59N7O11S/c1-28(45)31(38)4-2-3-12-39-32(46)10-7-29-5-8-30(9-6-29)56-37(54)11-22-55-23-13-40-33(47)24-41-14-16-42(25-34(48)49)18-20-44(27-36(52)53)21-19-43(17-15-41)26-35(50)51/h5-6,8-9,31H,2-4,7,10-27,38H2,1H3,(H,39,46)(H,40,47)(H,48,49)(H,50,51)(H,52,53)/t31-/m0/s1. The molecule has 314 valence electrons. The van der Waals surface area contributed by atoms with Crippen LogP contribution in [0.1, 0.15) is 44.6 Å². The van der Waals surface area contributed by atoms with E-state index in [0.717, 1.165) is 35.1 Å². The number of amides is 2. The van der Waals surface area contributed by atoms with Gasteiger partial charge in [0.05, 0.1) is 45.4 Å². The van der Waals surface area contributed by atoms with Gasteiger partial charge in [-0.25, -0.2) is 0 Å². The van der Waals surface area contributed by atoms with E-state index in [1.807, 2.05) is 29.2 Å². The Labute approximate surface area is 332 Å². The van der Waals surface area contributed by atoms with Crippen molar-refractivity contribution in [3.05, 3.63) is 29.8 Å². The molecule has 0 aromatic heterocycles. The van der Waals surface area contributed by atoms with Crippen LogP contribution >= 0.6 is 11.8 Å². The highest BCUT2D eigenvalue weighted by molar-refractivity contribution is 8.13. The third-order valence-electron chi connectivity index (χ3n) is 8.97. The summed E-state index contributed by atoms with van der Waals surface area (Å²) >= 11 is 1.10. The maximum Gasteiger partial charge on any atom is 0.317 e. The van der Waals surface area contributed by atoms with Gasteiger partial charge in [-0.3, -0.25) is 53.2 Å². The van der Waals surface area contributed by atoms with Gasteiger partial charge in [-0.2, -0.15) is 0 Å². The lowest BCUT2D eigenvalue weighted by atomic mass is 10.1. The molecule has 0 saturated carbocycles. The lowest BCUT2D eigenvalue weighted by Crippen LogP contribution is -2.50. The molecule has 2 amide bonds. The highest BCUT2D eigenvalue weighted by Crippen LogP contribution is 2.21. The number of unbranched alkanes of at least 4 members (excludes halogenated alkanes) is 1. The SMILES string of the molecule is CC(=O)[C@@H](N)CCCCNC(=O)CCc1ccc(SC(=O)CCOCCNC(=O)CN2CCN(CC(=O)O)CCN(CC(=O)O)CCN(CC(=O)O)CC2)cc1. The van der Waals surface area contributed by atoms with Gasteiger partial charge in [0.25, 0.3) is 0 Å². The Balaban J connectivity index is 1.70. The number of rotatable bonds is 24. The van der Waals surface area contributed by atoms with Crippen molar-refractivity contribution >= 4 is 52.4 Å². The number of aryl methyl sites for hydroxylation is 1. The van der Waals surface area contributed by atoms with Crippen molar-refractivity contribution in [3.8, 4) is 0 Å². The van der Waals surface area contributed by atoms with E-state index < -0.39 is 23.9 Å². The Morgan fingerprint density at radius 1 is 0.679 bits per heavy atom. The number of carboxylic acids is 3. The summed E-state index contributed by atoms with van der Waals surface area (Å²) in [5.74, 6) is -3.46. The van der Waals surface area contributed by atoms with Crippen LogP contribution in [0.3, 0.4) is 0 Å². The number of Topliss-reactive ketones (excluding diaryl/α,β-unsaturated/α-hetero) is 1. The van der Waals surface area contributed by atoms with Gasteiger partial charge in [0.1, 0.15) is 5.78 Å². The fraction of sp³-hybridized carbons (Fsp3) is 0.649. The monoisotopic (exact) mass is 809 g/mol. The molecule has 1 aliphatic rings. The van der Waals surface area contributed by atoms with Gasteiger partial charge in [0, 0.05) is 83.2 Å². The Morgan fingerprint density at radius 3 is 1.64 bits per heavy atom. The van der Waals surface area contributed by atoms with Crippen LogP contribution in [0.2, 0.25) is 0 Å². The van der Waals surface area contributed by atoms with E-state index in [4.69, 9.17) is 10.5 Å². The number of carbonyl (C=O) groups excluding carboxylic acids is 4. The molecule has 2 rings (SSSR count). The quantitative estimate of drug-likeness (QED) is 0.0566. The highest BCUT2D eigenvalue weighted by Gasteiger charge is 2.21. The molecule has 7 N–H and O–H groups in total. The van der Waals surface area contributed by atoms with E-state index in [1.54, 1.807) is 14.7 Å². The van der Waals surface area contributed by atoms with Gasteiger partial charge < -0.3 is 36.4 Å². The number of hydrogen-bond donors (Lipinski definition) is 6. The van der Waals surface area contributed by atoms with E-state index >= 15 is 0 Å². The number of nitrogens with two attached hydrogens (primary N) is 1. The van der Waals surface area contributed by atoms with Gasteiger partial charge in [-0.1, -0.05) is 23.9 Å². The Hall–Kier alpha value is -3.98. The molecule has 1 aromatic rings. The molecule has 0 spiro atoms. The van der Waals surface area contributed by atoms with Crippen LogP contribution in [-0.4, -0.2) is 186 Å². The average molecular weight is 810 g/mol. The Kier molecular flexibility index (Phi) is 23.7. The van der Waals surface area contributed by atoms with Crippen molar-refractivity contribution in [2.75, 3.05) is 105 Å². The van der Waals surface area contributed by atoms with Crippen LogP contribution in [0.5, 0.6) is 0 Å². The van der Waals surface area contributed by atoms with Crippen molar-refractivity contribution in [3.63, 3.8) is 0 Å². The van der Waals surface area contributed by atoms with Crippen LogP contribution in [0.25, 0.3) is 0 Å². The van der Waals surface area contributed by atoms with Crippen LogP contribution in [0, 0.1) is 0 Å². The minimum atomic E-state index is -1.03. The molecule has 1 fully saturated rings. The van der Waals surface area contributed by atoms with Gasteiger partial charge in [0.15, 0.2) is 5.12 Å². The van der Waals surface area contributed by atoms with Gasteiger partial charge in [-0.05, 0) is 50.3 Å². The minimum absolute atomic E-state index is 0.00590. The van der Waals surface area contributed by atoms with Crippen LogP contribution in [0.4, 0.5) is 0 Å². The smallest absolute Gasteiger partial charge is 0.317 e. The van der Waals surface area contributed by atoms with E-state index in [1.165, 1.54) is 6.92 Å². The average Bonchev–Trinajstić information content (AvgIpc) is 3.12. The molecule has 1 heterocycles. The summed E-state index contributed by atoms with van der Waals surface area (Å²) in [6, 6.07) is 7.01. The molecule has 18 nitrogen and oxygen atoms in total. The Morgan fingerprint density at radius 2 is 1.16 bits per heavy atom. The molecule has 0 unspecified atom stereocenters. The van der Waals surface area contributed by atoms with E-state index in [-0.39, 0.29) is 101 Å². The van der Waals surface area contributed by atoms with Crippen molar-refractivity contribution in [2.24, 2.45) is 5.73 Å². The van der Waals surface area contributed by atoms with Gasteiger partial charge >= 0.3 is 17.9 Å². The lowest BCUT2D eigenvalue weighted by Gasteiger charge is -2.32. The summed E-state index contributed by atoms with van der Waals surface area (Å²) < 4.78 is 5.56. The lowest BCUT2D eigenvalue weighted by molar-refractivity contribution is -0.140. The first kappa shape index (κ1) is 48.2. The number of thioether (sulfide) groups is 1. The molecule has 0 bridgehead atoms. The number of ether oxygens (including phenoxy) is 1. The maximum atomic E-state index is 12.8. The summed E-state index contributed by atoms with van der Waals surface area (Å²) in [5.41, 5.74) is 6.69. The molecule has 1 saturated heterocycles. The summed E-state index contributed by atoms with van der Waals surface area (Å²) in [6.07, 6.45) is 3.21. The normalized spacial score (nSPS) is 15.9. The number of carbonyl (C=O) groups is 7. The predicted octanol–water partition coefficient (Wildman–Crippen LogP) is -0.561. The Bertz CT molecular complexity index is 1390. The predicted molar refractivity (Wildman–Crippen MR) is 208 cm³/mol. The third-order valence-corrected chi connectivity index (χ3v) is 9.91. The number of hydrogen-bond acceptors (Lipinski definition) is 14. The zero-order valence-corrected chi connectivity index (χ0v) is 33.1. The minimum Gasteiger partial charge on any atom is -0.480 e. The second-order valence-electron chi connectivity index (χ2n) is 13.7. The highest BCUT2D eigenvalue weighted by atomic mass is 32.2. The number of nitrogens with one attached hydrogen (secondary N) is 2. The van der Waals surface area contributed by atoms with Crippen molar-refractivity contribution < 1.29 is 53.6 Å². The van der Waals surface area contributed by atoms with Crippen molar-refractivity contribution in [1.82, 2.24) is 30.2 Å². The molecule has 0 radical (unpaired) electrons. The molecule has 56 heavy (non-hydrogen) atoms. The fourth-order valence-electron chi connectivity index (χ4n) is 5.74. The molecule has 1 aromatic carbocycles. The topological polar surface area (TPSA) is 252 Å². The zero-order chi connectivity index (χ0) is 41.3. The number of benzene rings is 1. The molecule has 0 aliphatic carbocycles. The van der Waals surface area contributed by atoms with Gasteiger partial charge in [0.2, 0.25) is 11.8 Å². The first-order valence-electron chi connectivity index (χ1n) is 18.9. The number of nitrogens with zero attached hydrogens (tertiary/aromatic N) is 4. The van der Waals surface area contributed by atoms with Crippen molar-refractivity contribution in [1.29, 1.82) is 0 Å². The zero-order valence-electron chi connectivity index (χ0n) is 32.3. The second kappa shape index (κ2) is 27.6. The fourth-order valence-corrected chi connectivity index (χ4v) is 6.46. The molecule has 1 atom stereocenters. The van der Waals surface area contributed by atoms with E-state index in [9.17, 15) is 48.9 Å². The summed E-state index contributed by atoms with van der Waals surface area (Å²) in [4.78, 5) is 90.6. The first-order chi connectivity index (χ1) is 26.7. The summed E-state index contributed by atoms with van der Waals surface area (Å²) in [7, 11) is 0. The van der Waals surface area contributed by atoms with Crippen LogP contribution < -0.4 is 16.4 Å². The second-order valence-corrected chi connectivity index (χ2v) is 14.8. The summed E-state index contributed by atoms with van der Waals surface area (Å²) in [6.45, 7) is 4.24. The third kappa shape index (κ3) is 23.2. The molecular formula is C37H59N7O11S. The van der Waals surface area contributed by atoms with Crippen molar-refractivity contribution in [2.45, 2.75) is 56.4 Å². The number of ketones is 1. The largest absolute Gasteiger partial charge is 0.480 e.